The summed E-state index contributed by atoms with van der Waals surface area (Å²) in [4.78, 5) is 20.8. The second-order valence-electron chi connectivity index (χ2n) is 3.04. The van der Waals surface area contributed by atoms with Gasteiger partial charge in [0.05, 0.1) is 45.1 Å². The molecule has 2 N–H and O–H groups in total. The molecule has 0 aliphatic rings. The van der Waals surface area contributed by atoms with Crippen molar-refractivity contribution in [3.8, 4) is 0 Å². The number of hydrogen-bond acceptors (Lipinski definition) is 8. The van der Waals surface area contributed by atoms with Gasteiger partial charge in [-0.05, 0) is 0 Å². The number of ether oxygens (including phenoxy) is 2. The fourth-order valence-corrected chi connectivity index (χ4v) is 0.798. The van der Waals surface area contributed by atoms with E-state index in [0.717, 1.165) is 0 Å². The molecular weight excluding hydrogens is 260 g/mol. The van der Waals surface area contributed by atoms with Gasteiger partial charge in [-0.3, -0.25) is 9.59 Å². The topological polar surface area (TPSA) is 132 Å². The van der Waals surface area contributed by atoms with Crippen LogP contribution in [-0.4, -0.2) is 58.9 Å². The van der Waals surface area contributed by atoms with Gasteiger partial charge in [0, 0.05) is 0 Å². The summed E-state index contributed by atoms with van der Waals surface area (Å²) in [6, 6.07) is 0. The minimum atomic E-state index is -1.03. The van der Waals surface area contributed by atoms with Crippen LogP contribution in [0.3, 0.4) is 0 Å². The number of aliphatic hydroxyl groups excluding tert-OH is 1. The van der Waals surface area contributed by atoms with E-state index >= 15 is 0 Å². The number of carboxylic acids is 1. The third kappa shape index (κ3) is 13.9. The molecule has 1 rings (SSSR count). The normalized spacial score (nSPS) is 9.32. The SMILES string of the molecule is O=C(O)CCC(=O)OCCOCCO.c1cnon1. The summed E-state index contributed by atoms with van der Waals surface area (Å²) < 4.78 is 13.5. The molecule has 0 aliphatic carbocycles. The van der Waals surface area contributed by atoms with Gasteiger partial charge in [-0.15, -0.1) is 0 Å². The van der Waals surface area contributed by atoms with Crippen LogP contribution in [0.15, 0.2) is 17.0 Å². The van der Waals surface area contributed by atoms with Gasteiger partial charge in [0.2, 0.25) is 0 Å². The van der Waals surface area contributed by atoms with Gasteiger partial charge in [0.25, 0.3) is 0 Å². The molecule has 0 atom stereocenters. The maximum absolute atomic E-state index is 10.8. The zero-order chi connectivity index (χ0) is 14.3. The molecule has 0 aliphatic heterocycles. The van der Waals surface area contributed by atoms with Gasteiger partial charge in [-0.2, -0.15) is 0 Å². The molecule has 9 nitrogen and oxygen atoms in total. The predicted molar refractivity (Wildman–Crippen MR) is 60.0 cm³/mol. The average Bonchev–Trinajstić information content (AvgIpc) is 2.95. The Hall–Kier alpha value is -2.00. The van der Waals surface area contributed by atoms with Crippen LogP contribution in [0, 0.1) is 0 Å². The number of aliphatic carboxylic acids is 1. The first kappa shape index (κ1) is 17.0. The molecular formula is C10H16N2O7. The van der Waals surface area contributed by atoms with Gasteiger partial charge in [0.15, 0.2) is 0 Å². The van der Waals surface area contributed by atoms with Crippen LogP contribution in [0.25, 0.3) is 0 Å². The van der Waals surface area contributed by atoms with Crippen molar-refractivity contribution in [3.63, 3.8) is 0 Å². The number of nitrogens with zero attached hydrogens (tertiary/aromatic N) is 2. The van der Waals surface area contributed by atoms with Crippen LogP contribution < -0.4 is 0 Å². The lowest BCUT2D eigenvalue weighted by Gasteiger charge is -2.03. The third-order valence-corrected chi connectivity index (χ3v) is 1.55. The highest BCUT2D eigenvalue weighted by Crippen LogP contribution is 1.92. The lowest BCUT2D eigenvalue weighted by molar-refractivity contribution is -0.148. The molecule has 1 heterocycles. The summed E-state index contributed by atoms with van der Waals surface area (Å²) in [5.74, 6) is -1.58. The summed E-state index contributed by atoms with van der Waals surface area (Å²) in [6.07, 6.45) is 2.59. The van der Waals surface area contributed by atoms with E-state index in [9.17, 15) is 9.59 Å². The minimum Gasteiger partial charge on any atom is -0.481 e. The quantitative estimate of drug-likeness (QED) is 0.475. The molecule has 0 bridgehead atoms. The van der Waals surface area contributed by atoms with Gasteiger partial charge < -0.3 is 19.7 Å². The van der Waals surface area contributed by atoms with E-state index < -0.39 is 11.9 Å². The highest BCUT2D eigenvalue weighted by Gasteiger charge is 2.05. The molecule has 0 fully saturated rings. The molecule has 0 radical (unpaired) electrons. The molecule has 0 amide bonds. The van der Waals surface area contributed by atoms with Crippen LogP contribution in [0.4, 0.5) is 0 Å². The summed E-state index contributed by atoms with van der Waals surface area (Å²) in [5, 5.41) is 23.0. The van der Waals surface area contributed by atoms with E-state index in [0.29, 0.717) is 0 Å². The smallest absolute Gasteiger partial charge is 0.306 e. The van der Waals surface area contributed by atoms with E-state index in [-0.39, 0.29) is 39.3 Å². The van der Waals surface area contributed by atoms with Crippen molar-refractivity contribution in [1.82, 2.24) is 10.3 Å². The van der Waals surface area contributed by atoms with Crippen LogP contribution >= 0.6 is 0 Å². The van der Waals surface area contributed by atoms with Gasteiger partial charge in [-0.25, -0.2) is 4.63 Å². The number of rotatable bonds is 8. The molecule has 0 saturated heterocycles. The molecule has 108 valence electrons. The molecule has 19 heavy (non-hydrogen) atoms. The first-order valence-electron chi connectivity index (χ1n) is 5.44. The Bertz CT molecular complexity index is 311. The second-order valence-corrected chi connectivity index (χ2v) is 3.04. The largest absolute Gasteiger partial charge is 0.481 e. The highest BCUT2D eigenvalue weighted by molar-refractivity contribution is 5.76. The Balaban J connectivity index is 0.000000532. The predicted octanol–water partition coefficient (Wildman–Crippen LogP) is -0.527. The van der Waals surface area contributed by atoms with Crippen LogP contribution in [0.5, 0.6) is 0 Å². The molecule has 1 aromatic rings. The van der Waals surface area contributed by atoms with Crippen LogP contribution in [-0.2, 0) is 19.1 Å². The number of carbonyl (C=O) groups excluding carboxylic acids is 1. The van der Waals surface area contributed by atoms with E-state index in [1.807, 2.05) is 0 Å². The van der Waals surface area contributed by atoms with Gasteiger partial charge in [-0.1, -0.05) is 10.3 Å². The lowest BCUT2D eigenvalue weighted by atomic mass is 10.3. The van der Waals surface area contributed by atoms with E-state index in [1.165, 1.54) is 12.4 Å². The monoisotopic (exact) mass is 276 g/mol. The molecule has 1 aromatic heterocycles. The maximum Gasteiger partial charge on any atom is 0.306 e. The molecule has 9 heteroatoms. The number of carbonyl (C=O) groups is 2. The van der Waals surface area contributed by atoms with E-state index in [1.54, 1.807) is 0 Å². The first-order chi connectivity index (χ1) is 9.16. The van der Waals surface area contributed by atoms with Crippen LogP contribution in [0.2, 0.25) is 0 Å². The Morgan fingerprint density at radius 2 is 1.79 bits per heavy atom. The second kappa shape index (κ2) is 12.5. The van der Waals surface area contributed by atoms with Crippen molar-refractivity contribution in [1.29, 1.82) is 0 Å². The molecule has 0 saturated carbocycles. The van der Waals surface area contributed by atoms with Crippen molar-refractivity contribution >= 4 is 11.9 Å². The molecule has 0 unspecified atom stereocenters. The number of aliphatic hydroxyl groups is 1. The molecule has 0 spiro atoms. The van der Waals surface area contributed by atoms with E-state index in [2.05, 4.69) is 19.7 Å². The number of carboxylic acid groups (broad SMARTS) is 1. The molecule has 0 aromatic carbocycles. The van der Waals surface area contributed by atoms with Crippen molar-refractivity contribution < 1.29 is 33.9 Å². The Labute approximate surface area is 109 Å². The highest BCUT2D eigenvalue weighted by atomic mass is 16.6. The van der Waals surface area contributed by atoms with Crippen molar-refractivity contribution in [3.05, 3.63) is 12.4 Å². The number of esters is 1. The Morgan fingerprint density at radius 3 is 2.26 bits per heavy atom. The first-order valence-corrected chi connectivity index (χ1v) is 5.44. The standard InChI is InChI=1S/C8H14O6.C2H2N2O/c9-3-4-13-5-6-14-8(12)2-1-7(10)11;1-2-4-5-3-1/h9H,1-6H2,(H,10,11);1-2H. The van der Waals surface area contributed by atoms with Gasteiger partial charge >= 0.3 is 11.9 Å². The lowest BCUT2D eigenvalue weighted by Crippen LogP contribution is -2.12. The summed E-state index contributed by atoms with van der Waals surface area (Å²) in [5.41, 5.74) is 0. The van der Waals surface area contributed by atoms with Crippen molar-refractivity contribution in [2.75, 3.05) is 26.4 Å². The summed E-state index contributed by atoms with van der Waals surface area (Å²) in [7, 11) is 0. The summed E-state index contributed by atoms with van der Waals surface area (Å²) in [6.45, 7) is 0.414. The Morgan fingerprint density at radius 1 is 1.11 bits per heavy atom. The van der Waals surface area contributed by atoms with Crippen molar-refractivity contribution in [2.45, 2.75) is 12.8 Å². The fourth-order valence-electron chi connectivity index (χ4n) is 0.798. The van der Waals surface area contributed by atoms with Gasteiger partial charge in [0.1, 0.15) is 6.61 Å². The van der Waals surface area contributed by atoms with Crippen LogP contribution in [0.1, 0.15) is 12.8 Å². The maximum atomic E-state index is 10.8. The third-order valence-electron chi connectivity index (χ3n) is 1.55. The van der Waals surface area contributed by atoms with Crippen molar-refractivity contribution in [2.24, 2.45) is 0 Å². The number of hydrogen-bond donors (Lipinski definition) is 2. The fraction of sp³-hybridized carbons (Fsp3) is 0.600. The minimum absolute atomic E-state index is 0.0764. The average molecular weight is 276 g/mol. The Kier molecular flexibility index (Phi) is 11.1. The van der Waals surface area contributed by atoms with E-state index in [4.69, 9.17) is 14.9 Å². The zero-order valence-corrected chi connectivity index (χ0v) is 10.2. The zero-order valence-electron chi connectivity index (χ0n) is 10.2. The number of aromatic nitrogens is 2. The summed E-state index contributed by atoms with van der Waals surface area (Å²) >= 11 is 0.